The van der Waals surface area contributed by atoms with Gasteiger partial charge in [0.1, 0.15) is 10.8 Å². The van der Waals surface area contributed by atoms with Gasteiger partial charge >= 0.3 is 5.97 Å². The predicted octanol–water partition coefficient (Wildman–Crippen LogP) is 7.46. The highest BCUT2D eigenvalue weighted by molar-refractivity contribution is 6.36. The zero-order valence-electron chi connectivity index (χ0n) is 23.7. The molecule has 0 aliphatic rings. The first-order valence-electron chi connectivity index (χ1n) is 14.3. The maximum absolute atomic E-state index is 12.3. The summed E-state index contributed by atoms with van der Waals surface area (Å²) in [7, 11) is 1.61. The van der Waals surface area contributed by atoms with E-state index in [1.54, 1.807) is 19.2 Å². The van der Waals surface area contributed by atoms with E-state index in [9.17, 15) is 9.59 Å². The van der Waals surface area contributed by atoms with Crippen LogP contribution in [-0.4, -0.2) is 45.4 Å². The van der Waals surface area contributed by atoms with Crippen molar-refractivity contribution in [2.45, 2.75) is 71.1 Å². The third kappa shape index (κ3) is 8.33. The topological polar surface area (TPSA) is 111 Å². The van der Waals surface area contributed by atoms with E-state index in [-0.39, 0.29) is 24.7 Å². The van der Waals surface area contributed by atoms with Crippen LogP contribution >= 0.6 is 11.6 Å². The van der Waals surface area contributed by atoms with Crippen LogP contribution in [0.3, 0.4) is 0 Å². The highest BCUT2D eigenvalue weighted by atomic mass is 35.5. The van der Waals surface area contributed by atoms with Gasteiger partial charge in [-0.05, 0) is 42.8 Å². The number of ether oxygens (including phenoxy) is 2. The Morgan fingerprint density at radius 1 is 0.951 bits per heavy atom. The second-order valence-corrected chi connectivity index (χ2v) is 10.4. The number of fused-ring (bicyclic) bond motifs is 1. The summed E-state index contributed by atoms with van der Waals surface area (Å²) in [5.74, 6) is 0.590. The summed E-state index contributed by atoms with van der Waals surface area (Å²) >= 11 is 6.63. The van der Waals surface area contributed by atoms with Gasteiger partial charge in [-0.3, -0.25) is 14.7 Å². The first kappa shape index (κ1) is 30.1. The number of nitrogens with zero attached hydrogens (tertiary/aromatic N) is 3. The number of para-hydroxylation sites is 1. The van der Waals surface area contributed by atoms with Crippen molar-refractivity contribution >= 4 is 34.8 Å². The van der Waals surface area contributed by atoms with E-state index >= 15 is 0 Å². The largest absolute Gasteiger partial charge is 0.496 e. The molecule has 2 aromatic heterocycles. The lowest BCUT2D eigenvalue weighted by atomic mass is 10.1. The third-order valence-electron chi connectivity index (χ3n) is 6.86. The molecule has 0 spiro atoms. The zero-order chi connectivity index (χ0) is 29.0. The first-order chi connectivity index (χ1) is 20.0. The molecule has 218 valence electrons. The van der Waals surface area contributed by atoms with Crippen molar-refractivity contribution in [2.75, 3.05) is 19.0 Å². The number of esters is 1. The molecule has 4 rings (SSSR count). The lowest BCUT2D eigenvalue weighted by Gasteiger charge is -2.07. The average molecular weight is 580 g/mol. The number of halogens is 1. The van der Waals surface area contributed by atoms with Gasteiger partial charge in [-0.1, -0.05) is 75.6 Å². The Kier molecular flexibility index (Phi) is 11.2. The van der Waals surface area contributed by atoms with E-state index in [2.05, 4.69) is 27.4 Å². The number of hydrogen-bond acceptors (Lipinski definition) is 6. The number of anilines is 1. The Balaban J connectivity index is 1.22. The molecule has 41 heavy (non-hydrogen) atoms. The fourth-order valence-electron chi connectivity index (χ4n) is 4.59. The number of unbranched alkanes of at least 4 members (excludes halogenated alkanes) is 7. The van der Waals surface area contributed by atoms with Gasteiger partial charge in [0.05, 0.1) is 25.8 Å². The van der Waals surface area contributed by atoms with Crippen LogP contribution in [0.1, 0.15) is 71.1 Å². The molecule has 2 aromatic carbocycles. The molecule has 0 saturated carbocycles. The Morgan fingerprint density at radius 2 is 1.66 bits per heavy atom. The van der Waals surface area contributed by atoms with Gasteiger partial charge in [-0.2, -0.15) is 4.63 Å². The highest BCUT2D eigenvalue weighted by Gasteiger charge is 2.19. The lowest BCUT2D eigenvalue weighted by molar-refractivity contribution is -0.144. The summed E-state index contributed by atoms with van der Waals surface area (Å²) in [4.78, 5) is 28.9. The number of aromatic amines is 1. The minimum Gasteiger partial charge on any atom is -0.496 e. The molecule has 0 saturated heterocycles. The number of rotatable bonds is 16. The Bertz CT molecular complexity index is 1430. The van der Waals surface area contributed by atoms with Gasteiger partial charge in [0.25, 0.3) is 0 Å². The number of carbonyl (C=O) groups excluding carboxylic acids is 2. The second-order valence-electron chi connectivity index (χ2n) is 9.99. The number of carbonyl (C=O) groups is 2. The molecule has 0 radical (unpaired) electrons. The number of benzene rings is 2. The number of hydrogen-bond donors (Lipinski definition) is 2. The number of H-pyrrole nitrogens is 1. The van der Waals surface area contributed by atoms with E-state index in [0.29, 0.717) is 40.2 Å². The lowest BCUT2D eigenvalue weighted by Crippen LogP contribution is -2.14. The number of methoxy groups -OCH3 is 1. The van der Waals surface area contributed by atoms with E-state index in [4.69, 9.17) is 21.1 Å². The van der Waals surface area contributed by atoms with Crippen LogP contribution in [0.15, 0.2) is 48.5 Å². The minimum atomic E-state index is -0.340. The van der Waals surface area contributed by atoms with Gasteiger partial charge in [0.15, 0.2) is 11.5 Å². The first-order valence-corrected chi connectivity index (χ1v) is 14.7. The molecular weight excluding hydrogens is 542 g/mol. The van der Waals surface area contributed by atoms with Crippen LogP contribution in [0.25, 0.3) is 28.3 Å². The second kappa shape index (κ2) is 15.2. The van der Waals surface area contributed by atoms with Crippen molar-refractivity contribution < 1.29 is 19.1 Å². The van der Waals surface area contributed by atoms with Crippen LogP contribution in [-0.2, 0) is 14.3 Å². The standard InChI is InChI=1S/C31H38ClN5O4/c1-3-4-5-6-7-8-9-12-21-41-27(39)20-19-26(38)33-23-17-15-22(16-18-23)30-34-31-28(32)29(35-37(31)36-30)24-13-10-11-14-25(24)40-2/h10-11,13-18,35H,3-9,12,19-21H2,1-2H3,(H,33,38). The van der Waals surface area contributed by atoms with E-state index in [1.807, 2.05) is 36.4 Å². The van der Waals surface area contributed by atoms with Crippen molar-refractivity contribution in [3.8, 4) is 28.4 Å². The highest BCUT2D eigenvalue weighted by Crippen LogP contribution is 2.36. The minimum absolute atomic E-state index is 0.0587. The molecule has 0 aliphatic carbocycles. The predicted molar refractivity (Wildman–Crippen MR) is 161 cm³/mol. The van der Waals surface area contributed by atoms with Gasteiger partial charge < -0.3 is 14.8 Å². The van der Waals surface area contributed by atoms with Crippen molar-refractivity contribution in [1.29, 1.82) is 0 Å². The number of nitrogens with one attached hydrogen (secondary N) is 2. The Morgan fingerprint density at radius 3 is 2.37 bits per heavy atom. The normalized spacial score (nSPS) is 11.1. The summed E-state index contributed by atoms with van der Waals surface area (Å²) in [6.07, 6.45) is 9.62. The Labute approximate surface area is 245 Å². The maximum atomic E-state index is 12.3. The van der Waals surface area contributed by atoms with Gasteiger partial charge in [0, 0.05) is 23.2 Å². The zero-order valence-corrected chi connectivity index (χ0v) is 24.5. The quantitative estimate of drug-likeness (QED) is 0.105. The van der Waals surface area contributed by atoms with Gasteiger partial charge in [-0.25, -0.2) is 4.98 Å². The molecule has 10 heteroatoms. The molecule has 2 N–H and O–H groups in total. The van der Waals surface area contributed by atoms with Crippen molar-refractivity contribution in [1.82, 2.24) is 19.8 Å². The molecule has 9 nitrogen and oxygen atoms in total. The number of amides is 1. The molecule has 0 aliphatic heterocycles. The molecule has 0 fully saturated rings. The van der Waals surface area contributed by atoms with Crippen LogP contribution in [0.2, 0.25) is 5.02 Å². The average Bonchev–Trinajstić information content (AvgIpc) is 3.54. The summed E-state index contributed by atoms with van der Waals surface area (Å²) in [6, 6.07) is 14.7. The van der Waals surface area contributed by atoms with Crippen molar-refractivity contribution in [3.05, 3.63) is 53.6 Å². The van der Waals surface area contributed by atoms with Crippen molar-refractivity contribution in [3.63, 3.8) is 0 Å². The van der Waals surface area contributed by atoms with Crippen molar-refractivity contribution in [2.24, 2.45) is 0 Å². The van der Waals surface area contributed by atoms with Crippen LogP contribution in [0, 0.1) is 0 Å². The smallest absolute Gasteiger partial charge is 0.306 e. The SMILES string of the molecule is CCCCCCCCCCOC(=O)CCC(=O)Nc1ccc(-c2nc3c(Cl)c(-c4ccccc4OC)[nH]n3n2)cc1. The van der Waals surface area contributed by atoms with E-state index in [0.717, 1.165) is 24.0 Å². The van der Waals surface area contributed by atoms with E-state index < -0.39 is 0 Å². The maximum Gasteiger partial charge on any atom is 0.306 e. The monoisotopic (exact) mass is 579 g/mol. The van der Waals surface area contributed by atoms with Gasteiger partial charge in [0.2, 0.25) is 5.91 Å². The van der Waals surface area contributed by atoms with E-state index in [1.165, 1.54) is 43.2 Å². The van der Waals surface area contributed by atoms with Gasteiger partial charge in [-0.15, -0.1) is 5.10 Å². The molecule has 1 amide bonds. The fraction of sp³-hybridized carbons (Fsp3) is 0.419. The van der Waals surface area contributed by atoms with Crippen LogP contribution < -0.4 is 10.1 Å². The molecule has 0 bridgehead atoms. The summed E-state index contributed by atoms with van der Waals surface area (Å²) in [5, 5.41) is 11.0. The fourth-order valence-corrected chi connectivity index (χ4v) is 4.85. The molecule has 0 atom stereocenters. The molecule has 4 aromatic rings. The van der Waals surface area contributed by atoms with Crippen LogP contribution in [0.5, 0.6) is 5.75 Å². The molecule has 2 heterocycles. The summed E-state index contributed by atoms with van der Waals surface area (Å²) < 4.78 is 12.2. The summed E-state index contributed by atoms with van der Waals surface area (Å²) in [6.45, 7) is 2.63. The van der Waals surface area contributed by atoms with Crippen LogP contribution in [0.4, 0.5) is 5.69 Å². The third-order valence-corrected chi connectivity index (χ3v) is 7.22. The molecular formula is C31H38ClN5O4. The molecule has 0 unspecified atom stereocenters. The number of aromatic nitrogens is 4. The Hall–Kier alpha value is -3.85. The summed E-state index contributed by atoms with van der Waals surface area (Å²) in [5.41, 5.74) is 3.35.